The number of anilines is 2. The van der Waals surface area contributed by atoms with Crippen molar-refractivity contribution in [3.63, 3.8) is 0 Å². The van der Waals surface area contributed by atoms with E-state index in [-0.39, 0.29) is 16.5 Å². The minimum absolute atomic E-state index is 0.0562. The van der Waals surface area contributed by atoms with Gasteiger partial charge in [-0.2, -0.15) is 0 Å². The molecule has 36 heavy (non-hydrogen) atoms. The van der Waals surface area contributed by atoms with E-state index in [1.54, 1.807) is 0 Å². The average molecular weight is 535 g/mol. The van der Waals surface area contributed by atoms with Crippen molar-refractivity contribution in [2.45, 2.75) is 64.1 Å². The molecule has 3 aromatic rings. The first-order valence-electron chi connectivity index (χ1n) is 12.4. The molecule has 1 aromatic carbocycles. The van der Waals surface area contributed by atoms with Gasteiger partial charge in [-0.25, -0.2) is 9.37 Å². The normalized spacial score (nSPS) is 14.1. The molecule has 196 valence electrons. The molecular formula is C26H36ClFN4O3Si. The Morgan fingerprint density at radius 3 is 2.56 bits per heavy atom. The monoisotopic (exact) mass is 534 g/mol. The number of hydrogen-bond acceptors (Lipinski definition) is 6. The Labute approximate surface area is 218 Å². The average Bonchev–Trinajstić information content (AvgIpc) is 3.27. The lowest BCUT2D eigenvalue weighted by Crippen LogP contribution is -2.28. The van der Waals surface area contributed by atoms with Gasteiger partial charge in [0.2, 0.25) is 0 Å². The Kier molecular flexibility index (Phi) is 8.32. The molecule has 10 heteroatoms. The van der Waals surface area contributed by atoms with Gasteiger partial charge in [-0.3, -0.25) is 0 Å². The molecule has 0 bridgehead atoms. The SMILES string of the molecule is COc1cc(OC)c(Cl)c(NCc2c(COCC[Si](C)(C)C)nc3[nH]ccc3c2NC2CCC2)c1F. The first-order valence-corrected chi connectivity index (χ1v) is 16.5. The molecule has 0 atom stereocenters. The van der Waals surface area contributed by atoms with Gasteiger partial charge in [0.25, 0.3) is 0 Å². The highest BCUT2D eigenvalue weighted by Crippen LogP contribution is 2.41. The van der Waals surface area contributed by atoms with Gasteiger partial charge < -0.3 is 29.8 Å². The third-order valence-corrected chi connectivity index (χ3v) is 8.68. The number of halogens is 2. The molecule has 7 nitrogen and oxygen atoms in total. The van der Waals surface area contributed by atoms with Gasteiger partial charge in [-0.05, 0) is 31.4 Å². The minimum Gasteiger partial charge on any atom is -0.495 e. The van der Waals surface area contributed by atoms with E-state index < -0.39 is 13.9 Å². The third kappa shape index (κ3) is 5.90. The van der Waals surface area contributed by atoms with Crippen molar-refractivity contribution in [1.82, 2.24) is 9.97 Å². The predicted octanol–water partition coefficient (Wildman–Crippen LogP) is 6.80. The van der Waals surface area contributed by atoms with E-state index in [9.17, 15) is 0 Å². The highest BCUT2D eigenvalue weighted by Gasteiger charge is 2.24. The van der Waals surface area contributed by atoms with Gasteiger partial charge in [-0.15, -0.1) is 0 Å². The summed E-state index contributed by atoms with van der Waals surface area (Å²) in [6, 6.07) is 4.94. The van der Waals surface area contributed by atoms with E-state index in [4.69, 9.17) is 30.8 Å². The number of H-pyrrole nitrogens is 1. The van der Waals surface area contributed by atoms with Crippen molar-refractivity contribution < 1.29 is 18.6 Å². The molecule has 0 spiro atoms. The van der Waals surface area contributed by atoms with Crippen LogP contribution in [0.25, 0.3) is 11.0 Å². The number of hydrogen-bond donors (Lipinski definition) is 3. The zero-order valence-electron chi connectivity index (χ0n) is 21.7. The van der Waals surface area contributed by atoms with Gasteiger partial charge in [0.1, 0.15) is 16.4 Å². The maximum atomic E-state index is 15.2. The summed E-state index contributed by atoms with van der Waals surface area (Å²) >= 11 is 6.49. The number of ether oxygens (including phenoxy) is 3. The van der Waals surface area contributed by atoms with Crippen molar-refractivity contribution in [1.29, 1.82) is 0 Å². The summed E-state index contributed by atoms with van der Waals surface area (Å²) in [4.78, 5) is 8.12. The van der Waals surface area contributed by atoms with Gasteiger partial charge in [0, 0.05) is 50.5 Å². The van der Waals surface area contributed by atoms with Crippen LogP contribution in [0.1, 0.15) is 30.5 Å². The molecular weight excluding hydrogens is 499 g/mol. The lowest BCUT2D eigenvalue weighted by Gasteiger charge is -2.30. The number of benzene rings is 1. The molecule has 0 amide bonds. The van der Waals surface area contributed by atoms with Crippen LogP contribution in [0.15, 0.2) is 18.3 Å². The topological polar surface area (TPSA) is 80.4 Å². The zero-order chi connectivity index (χ0) is 25.9. The second-order valence-corrected chi connectivity index (χ2v) is 16.4. The van der Waals surface area contributed by atoms with Crippen LogP contribution in [0.4, 0.5) is 15.8 Å². The van der Waals surface area contributed by atoms with Crippen LogP contribution in [0.2, 0.25) is 30.7 Å². The van der Waals surface area contributed by atoms with Gasteiger partial charge in [-0.1, -0.05) is 31.2 Å². The molecule has 0 unspecified atom stereocenters. The van der Waals surface area contributed by atoms with Crippen LogP contribution in [0.5, 0.6) is 11.5 Å². The maximum absolute atomic E-state index is 15.2. The quantitative estimate of drug-likeness (QED) is 0.175. The Balaban J connectivity index is 1.69. The Morgan fingerprint density at radius 2 is 1.92 bits per heavy atom. The maximum Gasteiger partial charge on any atom is 0.189 e. The Hall–Kier alpha value is -2.49. The molecule has 1 saturated carbocycles. The van der Waals surface area contributed by atoms with Crippen LogP contribution in [-0.2, 0) is 17.9 Å². The second-order valence-electron chi connectivity index (χ2n) is 10.4. The fourth-order valence-corrected chi connectivity index (χ4v) is 5.20. The number of pyridine rings is 1. The standard InChI is InChI=1S/C26H36ClFN4O3Si/c1-33-20-13-21(34-2)23(28)25(22(20)27)30-14-18-19(15-35-11-12-36(3,4)5)32-26-17(9-10-29-26)24(18)31-16-7-6-8-16/h9-10,13,16,30H,6-8,11-12,14-15H2,1-5H3,(H2,29,31,32). The van der Waals surface area contributed by atoms with Crippen LogP contribution < -0.4 is 20.1 Å². The number of fused-ring (bicyclic) bond motifs is 1. The van der Waals surface area contributed by atoms with E-state index in [2.05, 4.69) is 35.3 Å². The smallest absolute Gasteiger partial charge is 0.189 e. The molecule has 4 rings (SSSR count). The highest BCUT2D eigenvalue weighted by atomic mass is 35.5. The first-order chi connectivity index (χ1) is 17.2. The van der Waals surface area contributed by atoms with E-state index in [1.807, 2.05) is 12.3 Å². The Bertz CT molecular complexity index is 1180. The van der Waals surface area contributed by atoms with Crippen LogP contribution in [0.3, 0.4) is 0 Å². The third-order valence-electron chi connectivity index (χ3n) is 6.60. The number of rotatable bonds is 12. The van der Waals surface area contributed by atoms with Crippen molar-refractivity contribution in [2.75, 3.05) is 31.5 Å². The Morgan fingerprint density at radius 1 is 1.17 bits per heavy atom. The van der Waals surface area contributed by atoms with Gasteiger partial charge >= 0.3 is 0 Å². The molecule has 0 radical (unpaired) electrons. The second kappa shape index (κ2) is 11.3. The lowest BCUT2D eigenvalue weighted by molar-refractivity contribution is 0.130. The summed E-state index contributed by atoms with van der Waals surface area (Å²) in [5, 5.41) is 8.08. The van der Waals surface area contributed by atoms with Crippen molar-refractivity contribution in [3.05, 3.63) is 40.4 Å². The number of aromatic amines is 1. The number of nitrogens with one attached hydrogen (secondary N) is 3. The minimum atomic E-state index is -1.22. The molecule has 1 aliphatic carbocycles. The van der Waals surface area contributed by atoms with Crippen LogP contribution >= 0.6 is 11.6 Å². The van der Waals surface area contributed by atoms with E-state index in [0.717, 1.165) is 46.9 Å². The van der Waals surface area contributed by atoms with Crippen LogP contribution in [-0.4, -0.2) is 44.9 Å². The summed E-state index contributed by atoms with van der Waals surface area (Å²) < 4.78 is 31.8. The predicted molar refractivity (Wildman–Crippen MR) is 147 cm³/mol. The molecule has 3 N–H and O–H groups in total. The van der Waals surface area contributed by atoms with E-state index >= 15 is 4.39 Å². The van der Waals surface area contributed by atoms with Crippen LogP contribution in [0, 0.1) is 5.82 Å². The zero-order valence-corrected chi connectivity index (χ0v) is 23.4. The molecule has 1 fully saturated rings. The number of nitrogens with zero attached hydrogens (tertiary/aromatic N) is 1. The molecule has 0 aliphatic heterocycles. The molecule has 0 saturated heterocycles. The van der Waals surface area contributed by atoms with Gasteiger partial charge in [0.15, 0.2) is 11.6 Å². The summed E-state index contributed by atoms with van der Waals surface area (Å²) in [5.41, 5.74) is 3.66. The van der Waals surface area contributed by atoms with E-state index in [0.29, 0.717) is 31.5 Å². The summed E-state index contributed by atoms with van der Waals surface area (Å²) in [5.74, 6) is -0.180. The molecule has 2 aromatic heterocycles. The number of methoxy groups -OCH3 is 2. The lowest BCUT2D eigenvalue weighted by atomic mass is 9.92. The number of aromatic nitrogens is 2. The van der Waals surface area contributed by atoms with E-state index in [1.165, 1.54) is 26.7 Å². The van der Waals surface area contributed by atoms with Gasteiger partial charge in [0.05, 0.1) is 37.9 Å². The summed E-state index contributed by atoms with van der Waals surface area (Å²) in [6.07, 6.45) is 5.34. The first kappa shape index (κ1) is 26.6. The summed E-state index contributed by atoms with van der Waals surface area (Å²) in [6.45, 7) is 8.34. The molecule has 1 aliphatic rings. The fourth-order valence-electron chi connectivity index (χ4n) is 4.16. The van der Waals surface area contributed by atoms with Crippen molar-refractivity contribution in [2.24, 2.45) is 0 Å². The van der Waals surface area contributed by atoms with Crippen molar-refractivity contribution in [3.8, 4) is 11.5 Å². The summed E-state index contributed by atoms with van der Waals surface area (Å²) in [7, 11) is 1.68. The van der Waals surface area contributed by atoms with Crippen molar-refractivity contribution >= 4 is 42.1 Å². The highest BCUT2D eigenvalue weighted by molar-refractivity contribution is 6.76. The largest absolute Gasteiger partial charge is 0.495 e. The molecule has 2 heterocycles. The fraction of sp³-hybridized carbons (Fsp3) is 0.500.